The van der Waals surface area contributed by atoms with Gasteiger partial charge in [-0.25, -0.2) is 4.39 Å². The first-order chi connectivity index (χ1) is 9.45. The number of nitrogens with one attached hydrogen (secondary N) is 1. The largest absolute Gasteiger partial charge is 0.419 e. The van der Waals surface area contributed by atoms with Crippen molar-refractivity contribution in [3.63, 3.8) is 0 Å². The van der Waals surface area contributed by atoms with Crippen molar-refractivity contribution in [3.05, 3.63) is 29.6 Å². The van der Waals surface area contributed by atoms with Crippen molar-refractivity contribution in [2.24, 2.45) is 5.92 Å². The maximum atomic E-state index is 13.3. The first kappa shape index (κ1) is 13.7. The van der Waals surface area contributed by atoms with Gasteiger partial charge in [-0.15, -0.1) is 0 Å². The van der Waals surface area contributed by atoms with Crippen LogP contribution in [0.4, 0.5) is 23.2 Å². The van der Waals surface area contributed by atoms with Crippen molar-refractivity contribution >= 4 is 5.69 Å². The molecular formula is C14H16F4N2. The summed E-state index contributed by atoms with van der Waals surface area (Å²) >= 11 is 0. The minimum Gasteiger partial charge on any atom is -0.369 e. The Morgan fingerprint density at radius 1 is 1.20 bits per heavy atom. The average molecular weight is 288 g/mol. The van der Waals surface area contributed by atoms with Crippen molar-refractivity contribution in [2.75, 3.05) is 24.5 Å². The molecule has 1 aromatic rings. The number of hydrogen-bond donors (Lipinski definition) is 1. The summed E-state index contributed by atoms with van der Waals surface area (Å²) in [5, 5.41) is 3.40. The van der Waals surface area contributed by atoms with Crippen LogP contribution in [0, 0.1) is 11.7 Å². The smallest absolute Gasteiger partial charge is 0.369 e. The molecule has 0 aromatic heterocycles. The van der Waals surface area contributed by atoms with E-state index in [-0.39, 0.29) is 0 Å². The number of nitrogens with zero attached hydrogens (tertiary/aromatic N) is 1. The molecule has 20 heavy (non-hydrogen) atoms. The van der Waals surface area contributed by atoms with Crippen LogP contribution in [0.25, 0.3) is 0 Å². The number of hydrogen-bond acceptors (Lipinski definition) is 2. The number of anilines is 1. The van der Waals surface area contributed by atoms with Crippen molar-refractivity contribution in [2.45, 2.75) is 25.1 Å². The average Bonchev–Trinajstić information content (AvgIpc) is 3.22. The highest BCUT2D eigenvalue weighted by Gasteiger charge is 2.36. The molecule has 1 saturated heterocycles. The molecule has 1 aliphatic heterocycles. The molecule has 2 fully saturated rings. The molecule has 1 unspecified atom stereocenters. The van der Waals surface area contributed by atoms with E-state index in [4.69, 9.17) is 0 Å². The van der Waals surface area contributed by atoms with Crippen molar-refractivity contribution < 1.29 is 17.6 Å². The van der Waals surface area contributed by atoms with Crippen LogP contribution in [-0.4, -0.2) is 25.7 Å². The molecule has 110 valence electrons. The van der Waals surface area contributed by atoms with Crippen molar-refractivity contribution in [1.82, 2.24) is 5.32 Å². The van der Waals surface area contributed by atoms with Crippen LogP contribution in [0.1, 0.15) is 18.4 Å². The molecule has 0 bridgehead atoms. The van der Waals surface area contributed by atoms with Gasteiger partial charge in [-0.05, 0) is 37.0 Å². The van der Waals surface area contributed by atoms with Crippen LogP contribution in [-0.2, 0) is 6.18 Å². The Morgan fingerprint density at radius 3 is 2.60 bits per heavy atom. The first-order valence-electron chi connectivity index (χ1n) is 6.80. The van der Waals surface area contributed by atoms with E-state index < -0.39 is 17.6 Å². The minimum atomic E-state index is -4.65. The zero-order valence-corrected chi connectivity index (χ0v) is 10.9. The van der Waals surface area contributed by atoms with E-state index in [2.05, 4.69) is 5.32 Å². The van der Waals surface area contributed by atoms with Gasteiger partial charge in [0.05, 0.1) is 5.56 Å². The fourth-order valence-electron chi connectivity index (χ4n) is 2.75. The van der Waals surface area contributed by atoms with E-state index in [9.17, 15) is 17.6 Å². The quantitative estimate of drug-likeness (QED) is 0.842. The molecule has 0 radical (unpaired) electrons. The van der Waals surface area contributed by atoms with Gasteiger partial charge in [-0.1, -0.05) is 0 Å². The number of alkyl halides is 3. The van der Waals surface area contributed by atoms with E-state index in [0.29, 0.717) is 30.7 Å². The maximum Gasteiger partial charge on any atom is 0.419 e. The Kier molecular flexibility index (Phi) is 3.36. The number of rotatable bonds is 2. The highest BCUT2D eigenvalue weighted by atomic mass is 19.4. The van der Waals surface area contributed by atoms with E-state index in [1.54, 1.807) is 0 Å². The second-order valence-corrected chi connectivity index (χ2v) is 5.51. The summed E-state index contributed by atoms with van der Waals surface area (Å²) in [6, 6.07) is 3.60. The van der Waals surface area contributed by atoms with Gasteiger partial charge in [-0.3, -0.25) is 0 Å². The molecule has 1 aromatic carbocycles. The third kappa shape index (κ3) is 2.75. The molecule has 1 saturated carbocycles. The summed E-state index contributed by atoms with van der Waals surface area (Å²) in [5.74, 6) is -0.574. The number of halogens is 4. The lowest BCUT2D eigenvalue weighted by Crippen LogP contribution is -2.51. The van der Waals surface area contributed by atoms with Crippen molar-refractivity contribution in [3.8, 4) is 0 Å². The van der Waals surface area contributed by atoms with Gasteiger partial charge >= 0.3 is 6.18 Å². The summed E-state index contributed by atoms with van der Waals surface area (Å²) in [6.45, 7) is 2.08. The van der Waals surface area contributed by atoms with E-state index in [1.165, 1.54) is 18.9 Å². The van der Waals surface area contributed by atoms with E-state index >= 15 is 0 Å². The Labute approximate surface area is 114 Å². The molecule has 1 N–H and O–H groups in total. The molecule has 1 heterocycles. The second-order valence-electron chi connectivity index (χ2n) is 5.51. The lowest BCUT2D eigenvalue weighted by atomic mass is 10.1. The lowest BCUT2D eigenvalue weighted by molar-refractivity contribution is -0.139. The fraction of sp³-hybridized carbons (Fsp3) is 0.571. The summed E-state index contributed by atoms with van der Waals surface area (Å²) in [6.07, 6.45) is -2.28. The van der Waals surface area contributed by atoms with Gasteiger partial charge in [0.2, 0.25) is 0 Å². The summed E-state index contributed by atoms with van der Waals surface area (Å²) in [5.41, 5.74) is -0.734. The monoisotopic (exact) mass is 288 g/mol. The maximum absolute atomic E-state index is 13.3. The number of benzene rings is 1. The highest BCUT2D eigenvalue weighted by molar-refractivity contribution is 5.50. The lowest BCUT2D eigenvalue weighted by Gasteiger charge is -2.35. The van der Waals surface area contributed by atoms with Gasteiger partial charge < -0.3 is 10.2 Å². The third-order valence-electron chi connectivity index (χ3n) is 4.02. The Bertz CT molecular complexity index is 496. The van der Waals surface area contributed by atoms with Crippen LogP contribution in [0.15, 0.2) is 18.2 Å². The Balaban J connectivity index is 1.82. The predicted molar refractivity (Wildman–Crippen MR) is 68.1 cm³/mol. The molecule has 0 spiro atoms. The van der Waals surface area contributed by atoms with Gasteiger partial charge in [0.15, 0.2) is 0 Å². The van der Waals surface area contributed by atoms with Gasteiger partial charge in [0.1, 0.15) is 5.82 Å². The Hall–Kier alpha value is -1.30. The summed E-state index contributed by atoms with van der Waals surface area (Å²) in [7, 11) is 0. The fourth-order valence-corrected chi connectivity index (χ4v) is 2.75. The van der Waals surface area contributed by atoms with Gasteiger partial charge in [0.25, 0.3) is 0 Å². The van der Waals surface area contributed by atoms with E-state index in [1.807, 2.05) is 4.90 Å². The Morgan fingerprint density at radius 2 is 1.95 bits per heavy atom. The van der Waals surface area contributed by atoms with Crippen LogP contribution in [0.3, 0.4) is 0 Å². The molecule has 1 atom stereocenters. The summed E-state index contributed by atoms with van der Waals surface area (Å²) < 4.78 is 51.5. The van der Waals surface area contributed by atoms with Crippen LogP contribution in [0.2, 0.25) is 0 Å². The summed E-state index contributed by atoms with van der Waals surface area (Å²) in [4.78, 5) is 1.91. The SMILES string of the molecule is Fc1ccc(N2CCNC(C3CC3)C2)cc1C(F)(F)F. The van der Waals surface area contributed by atoms with Gasteiger partial charge in [0, 0.05) is 31.4 Å². The standard InChI is InChI=1S/C14H16F4N2/c15-12-4-3-10(7-11(12)14(16,17)18)20-6-5-19-13(8-20)9-1-2-9/h3-4,7,9,13,19H,1-2,5-6,8H2. The molecule has 2 aliphatic rings. The minimum absolute atomic E-state index is 0.336. The highest BCUT2D eigenvalue weighted by Crippen LogP contribution is 2.36. The van der Waals surface area contributed by atoms with Crippen LogP contribution < -0.4 is 10.2 Å². The van der Waals surface area contributed by atoms with Crippen LogP contribution in [0.5, 0.6) is 0 Å². The zero-order chi connectivity index (χ0) is 14.3. The molecule has 2 nitrogen and oxygen atoms in total. The second kappa shape index (κ2) is 4.91. The normalized spacial score (nSPS) is 24.0. The molecule has 3 rings (SSSR count). The molecule has 1 aliphatic carbocycles. The van der Waals surface area contributed by atoms with Crippen molar-refractivity contribution in [1.29, 1.82) is 0 Å². The topological polar surface area (TPSA) is 15.3 Å². The molecule has 0 amide bonds. The molecular weight excluding hydrogens is 272 g/mol. The number of piperazine rings is 1. The third-order valence-corrected chi connectivity index (χ3v) is 4.02. The van der Waals surface area contributed by atoms with Gasteiger partial charge in [-0.2, -0.15) is 13.2 Å². The molecule has 6 heteroatoms. The zero-order valence-electron chi connectivity index (χ0n) is 10.9. The first-order valence-corrected chi connectivity index (χ1v) is 6.80. The van der Waals surface area contributed by atoms with E-state index in [0.717, 1.165) is 18.7 Å². The predicted octanol–water partition coefficient (Wildman–Crippen LogP) is 3.03. The van der Waals surface area contributed by atoms with Crippen LogP contribution >= 0.6 is 0 Å².